The van der Waals surface area contributed by atoms with Crippen LogP contribution in [0.1, 0.15) is 75.3 Å². The Balaban J connectivity index is 2.06. The normalized spacial score (nSPS) is 17.6. The second kappa shape index (κ2) is 6.89. The number of fused-ring (bicyclic) bond motifs is 1. The molecule has 1 aliphatic carbocycles. The fraction of sp³-hybridized carbons (Fsp3) is 0.571. The minimum Gasteiger partial charge on any atom is -0.478 e. The van der Waals surface area contributed by atoms with Gasteiger partial charge in [-0.3, -0.25) is 0 Å². The third-order valence-electron chi connectivity index (χ3n) is 5.30. The minimum atomic E-state index is -0.960. The van der Waals surface area contributed by atoms with Crippen molar-refractivity contribution in [2.45, 2.75) is 65.2 Å². The third kappa shape index (κ3) is 3.86. The van der Waals surface area contributed by atoms with Gasteiger partial charge in [0.1, 0.15) is 5.82 Å². The summed E-state index contributed by atoms with van der Waals surface area (Å²) in [7, 11) is 0. The Hall–Kier alpha value is -1.95. The van der Waals surface area contributed by atoms with Crippen molar-refractivity contribution in [1.82, 2.24) is 9.97 Å². The molecule has 0 radical (unpaired) electrons. The molecule has 146 valence electrons. The quantitative estimate of drug-likeness (QED) is 0.746. The topological polar surface area (TPSA) is 66.3 Å². The molecular formula is C21H29N3O2S. The average Bonchev–Trinajstić information content (AvgIpc) is 3.05. The largest absolute Gasteiger partial charge is 0.478 e. The van der Waals surface area contributed by atoms with Crippen molar-refractivity contribution in [3.05, 3.63) is 34.5 Å². The minimum absolute atomic E-state index is 0.0731. The number of aromatic carboxylic acids is 1. The van der Waals surface area contributed by atoms with Gasteiger partial charge in [-0.25, -0.2) is 14.8 Å². The van der Waals surface area contributed by atoms with Crippen LogP contribution in [-0.4, -0.2) is 27.6 Å². The van der Waals surface area contributed by atoms with E-state index >= 15 is 0 Å². The summed E-state index contributed by atoms with van der Waals surface area (Å²) in [6.07, 6.45) is 3.71. The van der Waals surface area contributed by atoms with Crippen LogP contribution in [0.3, 0.4) is 0 Å². The number of aromatic nitrogens is 2. The molecule has 6 heteroatoms. The summed E-state index contributed by atoms with van der Waals surface area (Å²) in [5.74, 6) is 0.209. The predicted molar refractivity (Wildman–Crippen MR) is 110 cm³/mol. The zero-order valence-corrected chi connectivity index (χ0v) is 17.9. The van der Waals surface area contributed by atoms with Crippen molar-refractivity contribution in [3.8, 4) is 0 Å². The predicted octanol–water partition coefficient (Wildman–Crippen LogP) is 5.38. The Morgan fingerprint density at radius 3 is 2.41 bits per heavy atom. The number of pyridine rings is 1. The van der Waals surface area contributed by atoms with Crippen molar-refractivity contribution >= 4 is 28.3 Å². The van der Waals surface area contributed by atoms with Crippen LogP contribution in [0.2, 0.25) is 0 Å². The van der Waals surface area contributed by atoms with E-state index in [0.29, 0.717) is 5.92 Å². The first-order chi connectivity index (χ1) is 12.5. The Morgan fingerprint density at radius 1 is 1.22 bits per heavy atom. The van der Waals surface area contributed by atoms with Crippen LogP contribution in [0.4, 0.5) is 10.9 Å². The van der Waals surface area contributed by atoms with Gasteiger partial charge >= 0.3 is 5.97 Å². The number of nitrogens with zero attached hydrogens (tertiary/aromatic N) is 3. The summed E-state index contributed by atoms with van der Waals surface area (Å²) in [5.41, 5.74) is 1.60. The maximum atomic E-state index is 11.1. The van der Waals surface area contributed by atoms with E-state index in [0.717, 1.165) is 30.3 Å². The van der Waals surface area contributed by atoms with E-state index in [2.05, 4.69) is 51.4 Å². The van der Waals surface area contributed by atoms with Crippen molar-refractivity contribution in [3.63, 3.8) is 0 Å². The molecule has 0 spiro atoms. The van der Waals surface area contributed by atoms with Gasteiger partial charge in [0.2, 0.25) is 0 Å². The molecule has 1 N–H and O–H groups in total. The molecule has 0 aromatic carbocycles. The molecule has 0 unspecified atom stereocenters. The summed E-state index contributed by atoms with van der Waals surface area (Å²) >= 11 is 1.76. The first-order valence-corrected chi connectivity index (χ1v) is 10.3. The lowest BCUT2D eigenvalue weighted by Crippen LogP contribution is -2.32. The molecule has 0 aliphatic heterocycles. The number of anilines is 2. The van der Waals surface area contributed by atoms with Gasteiger partial charge in [0.05, 0.1) is 11.3 Å². The lowest BCUT2D eigenvalue weighted by molar-refractivity contribution is 0.0696. The van der Waals surface area contributed by atoms with Gasteiger partial charge in [-0.15, -0.1) is 11.3 Å². The van der Waals surface area contributed by atoms with E-state index in [9.17, 15) is 4.79 Å². The van der Waals surface area contributed by atoms with Gasteiger partial charge in [0.15, 0.2) is 5.13 Å². The van der Waals surface area contributed by atoms with Gasteiger partial charge in [0, 0.05) is 28.4 Å². The van der Waals surface area contributed by atoms with Crippen LogP contribution in [0.25, 0.3) is 0 Å². The molecular weight excluding hydrogens is 358 g/mol. The molecule has 0 atom stereocenters. The van der Waals surface area contributed by atoms with Crippen LogP contribution < -0.4 is 4.90 Å². The third-order valence-corrected chi connectivity index (χ3v) is 6.74. The summed E-state index contributed by atoms with van der Waals surface area (Å²) < 4.78 is 0. The molecule has 1 aliphatic rings. The molecule has 0 amide bonds. The lowest BCUT2D eigenvalue weighted by Gasteiger charge is -2.37. The summed E-state index contributed by atoms with van der Waals surface area (Å²) in [6, 6.07) is 3.39. The van der Waals surface area contributed by atoms with Crippen LogP contribution in [0.15, 0.2) is 18.3 Å². The van der Waals surface area contributed by atoms with E-state index < -0.39 is 5.97 Å². The summed E-state index contributed by atoms with van der Waals surface area (Å²) in [6.45, 7) is 14.3. The molecule has 2 aromatic heterocycles. The maximum Gasteiger partial charge on any atom is 0.337 e. The van der Waals surface area contributed by atoms with Crippen molar-refractivity contribution in [1.29, 1.82) is 0 Å². The molecule has 27 heavy (non-hydrogen) atoms. The van der Waals surface area contributed by atoms with Gasteiger partial charge in [-0.05, 0) is 30.9 Å². The van der Waals surface area contributed by atoms with Crippen molar-refractivity contribution in [2.24, 2.45) is 5.92 Å². The molecule has 0 fully saturated rings. The molecule has 2 heterocycles. The van der Waals surface area contributed by atoms with E-state index in [1.54, 1.807) is 23.5 Å². The summed E-state index contributed by atoms with van der Waals surface area (Å²) in [4.78, 5) is 24.1. The molecule has 5 nitrogen and oxygen atoms in total. The number of hydrogen-bond donors (Lipinski definition) is 1. The van der Waals surface area contributed by atoms with Gasteiger partial charge in [-0.1, -0.05) is 41.5 Å². The number of carboxylic acid groups (broad SMARTS) is 1. The Kier molecular flexibility index (Phi) is 5.06. The highest BCUT2D eigenvalue weighted by Crippen LogP contribution is 2.50. The van der Waals surface area contributed by atoms with Crippen molar-refractivity contribution in [2.75, 3.05) is 11.4 Å². The monoisotopic (exact) mass is 387 g/mol. The fourth-order valence-electron chi connectivity index (χ4n) is 3.51. The van der Waals surface area contributed by atoms with Gasteiger partial charge in [-0.2, -0.15) is 0 Å². The zero-order chi connectivity index (χ0) is 20.0. The fourth-order valence-corrected chi connectivity index (χ4v) is 4.90. The highest BCUT2D eigenvalue weighted by atomic mass is 32.1. The second-order valence-corrected chi connectivity index (χ2v) is 10.1. The van der Waals surface area contributed by atoms with Crippen LogP contribution >= 0.6 is 11.3 Å². The summed E-state index contributed by atoms with van der Waals surface area (Å²) in [5, 5.41) is 10.1. The van der Waals surface area contributed by atoms with E-state index in [4.69, 9.17) is 10.1 Å². The molecule has 0 saturated carbocycles. The lowest BCUT2D eigenvalue weighted by atomic mass is 9.69. The Bertz CT molecular complexity index is 804. The average molecular weight is 388 g/mol. The number of thiazole rings is 1. The molecule has 0 bridgehead atoms. The van der Waals surface area contributed by atoms with Crippen LogP contribution in [0, 0.1) is 5.92 Å². The standard InChI is InChI=1S/C21H29N3O2S/c1-13(2)12-24(15-8-7-14(11-22-15)18(25)26)19-23-16-17(27-19)21(5,6)10-9-20(16,3)4/h7-8,11,13H,9-10,12H2,1-6H3,(H,25,26). The number of rotatable bonds is 5. The van der Waals surface area contributed by atoms with E-state index in [1.807, 2.05) is 0 Å². The van der Waals surface area contributed by atoms with E-state index in [1.165, 1.54) is 16.8 Å². The first kappa shape index (κ1) is 19.8. The molecule has 0 saturated heterocycles. The van der Waals surface area contributed by atoms with Crippen LogP contribution in [-0.2, 0) is 10.8 Å². The van der Waals surface area contributed by atoms with Gasteiger partial charge < -0.3 is 10.0 Å². The zero-order valence-electron chi connectivity index (χ0n) is 17.0. The Labute approximate surface area is 165 Å². The second-order valence-electron chi connectivity index (χ2n) is 9.16. The highest BCUT2D eigenvalue weighted by Gasteiger charge is 2.41. The van der Waals surface area contributed by atoms with Crippen molar-refractivity contribution < 1.29 is 9.90 Å². The maximum absolute atomic E-state index is 11.1. The molecule has 2 aromatic rings. The van der Waals surface area contributed by atoms with Gasteiger partial charge in [0.25, 0.3) is 0 Å². The SMILES string of the molecule is CC(C)CN(c1ccc(C(=O)O)cn1)c1nc2c(s1)C(C)(C)CCC2(C)C. The number of carboxylic acids is 1. The number of hydrogen-bond acceptors (Lipinski definition) is 5. The smallest absolute Gasteiger partial charge is 0.337 e. The molecule has 3 rings (SSSR count). The van der Waals surface area contributed by atoms with E-state index in [-0.39, 0.29) is 16.4 Å². The van der Waals surface area contributed by atoms with Crippen LogP contribution in [0.5, 0.6) is 0 Å². The number of carbonyl (C=O) groups is 1. The highest BCUT2D eigenvalue weighted by molar-refractivity contribution is 7.16. The first-order valence-electron chi connectivity index (χ1n) is 9.50. The Morgan fingerprint density at radius 2 is 1.89 bits per heavy atom.